The van der Waals surface area contributed by atoms with Crippen molar-refractivity contribution < 1.29 is 26.3 Å². The van der Waals surface area contributed by atoms with Crippen molar-refractivity contribution in [1.82, 2.24) is 9.13 Å². The number of rotatable bonds is 4. The number of hydrogen-bond donors (Lipinski definition) is 0. The molecular weight excluding hydrogens is 723 g/mol. The Balaban J connectivity index is 1.18. The first-order valence-corrected chi connectivity index (χ1v) is 19.3. The Hall–Kier alpha value is -4.28. The Kier molecular flexibility index (Phi) is 6.58. The van der Waals surface area contributed by atoms with Gasteiger partial charge in [0.05, 0.1) is 9.49 Å². The fraction of sp³-hybridized carbons (Fsp3) is 0.256. The van der Waals surface area contributed by atoms with E-state index in [4.69, 9.17) is 0 Å². The molecule has 2 aromatic heterocycles. The number of halogens is 6. The zero-order chi connectivity index (χ0) is 37.0. The summed E-state index contributed by atoms with van der Waals surface area (Å²) in [6.45, 7) is 9.09. The van der Waals surface area contributed by atoms with Crippen LogP contribution in [0.5, 0.6) is 0 Å². The maximum absolute atomic E-state index is 16.1. The Morgan fingerprint density at radius 1 is 0.509 bits per heavy atom. The van der Waals surface area contributed by atoms with Gasteiger partial charge in [0, 0.05) is 77.7 Å². The van der Waals surface area contributed by atoms with Gasteiger partial charge in [-0.2, -0.15) is 26.3 Å². The maximum Gasteiger partial charge on any atom is 0.380 e. The molecule has 4 aliphatic rings. The lowest BCUT2D eigenvalue weighted by Crippen LogP contribution is -2.48. The number of aromatic nitrogens is 2. The molecule has 2 atom stereocenters. The van der Waals surface area contributed by atoms with Gasteiger partial charge in [-0.3, -0.25) is 0 Å². The minimum Gasteiger partial charge on any atom is -0.341 e. The van der Waals surface area contributed by atoms with Crippen LogP contribution >= 0.6 is 23.5 Å². The molecule has 4 heterocycles. The molecule has 2 nitrogen and oxygen atoms in total. The van der Waals surface area contributed by atoms with Crippen LogP contribution in [0.1, 0.15) is 38.8 Å². The van der Waals surface area contributed by atoms with Crippen LogP contribution in [0.3, 0.4) is 0 Å². The number of alkyl halides is 6. The van der Waals surface area contributed by atoms with Gasteiger partial charge >= 0.3 is 17.8 Å². The lowest BCUT2D eigenvalue weighted by molar-refractivity contribution is -0.258. The van der Waals surface area contributed by atoms with Crippen LogP contribution in [0, 0.1) is 0 Å². The summed E-state index contributed by atoms with van der Waals surface area (Å²) in [6, 6.07) is 27.8. The quantitative estimate of drug-likeness (QED) is 0.166. The standard InChI is InChI=1S/C43H32F6N2S2/c1-5-50-31-13-9-7-11-25(31)27-19-23(15-17-33(27)50)35-21-29-37-38(42(46,47)43(48,49)41(37,44)45)30-22-36(53-40(30,4)39(29,3)52-35)24-16-18-34-28(20-24)26-12-8-10-14-32(26)51(34)6-2/h7-22H,5-6H2,1-4H3. The average Bonchev–Trinajstić information content (AvgIpc) is 3.89. The highest BCUT2D eigenvalue weighted by molar-refractivity contribution is 8.14. The van der Waals surface area contributed by atoms with E-state index in [2.05, 4.69) is 23.0 Å². The number of hydrogen-bond acceptors (Lipinski definition) is 2. The fourth-order valence-electron chi connectivity index (χ4n) is 9.29. The molecule has 6 aromatic rings. The molecule has 2 unspecified atom stereocenters. The van der Waals surface area contributed by atoms with Crippen LogP contribution in [0.4, 0.5) is 26.3 Å². The number of para-hydroxylation sites is 2. The minimum atomic E-state index is -5.61. The summed E-state index contributed by atoms with van der Waals surface area (Å²) in [5.41, 5.74) is 2.73. The molecule has 1 saturated carbocycles. The highest BCUT2D eigenvalue weighted by Gasteiger charge is 2.84. The normalized spacial score (nSPS) is 25.5. The molecule has 2 aliphatic carbocycles. The van der Waals surface area contributed by atoms with Gasteiger partial charge < -0.3 is 9.13 Å². The second kappa shape index (κ2) is 10.5. The third-order valence-corrected chi connectivity index (χ3v) is 15.4. The minimum absolute atomic E-state index is 0.166. The van der Waals surface area contributed by atoms with Gasteiger partial charge in [0.15, 0.2) is 0 Å². The third kappa shape index (κ3) is 3.86. The van der Waals surface area contributed by atoms with Crippen LogP contribution in [0.2, 0.25) is 0 Å². The molecule has 268 valence electrons. The van der Waals surface area contributed by atoms with Crippen molar-refractivity contribution in [2.24, 2.45) is 0 Å². The molecule has 4 aromatic carbocycles. The summed E-state index contributed by atoms with van der Waals surface area (Å²) in [7, 11) is 0. The van der Waals surface area contributed by atoms with Gasteiger partial charge in [0.1, 0.15) is 0 Å². The monoisotopic (exact) mass is 754 g/mol. The Morgan fingerprint density at radius 2 is 0.887 bits per heavy atom. The number of fused-ring (bicyclic) bond motifs is 10. The average molecular weight is 755 g/mol. The van der Waals surface area contributed by atoms with Gasteiger partial charge in [0.2, 0.25) is 0 Å². The largest absolute Gasteiger partial charge is 0.380 e. The van der Waals surface area contributed by atoms with Gasteiger partial charge in [-0.05, 0) is 98.5 Å². The van der Waals surface area contributed by atoms with Crippen molar-refractivity contribution in [3.05, 3.63) is 131 Å². The first kappa shape index (κ1) is 33.3. The van der Waals surface area contributed by atoms with E-state index in [1.807, 2.05) is 84.9 Å². The zero-order valence-electron chi connectivity index (χ0n) is 29.1. The second-order valence-electron chi connectivity index (χ2n) is 14.6. The summed E-state index contributed by atoms with van der Waals surface area (Å²) >= 11 is 2.58. The van der Waals surface area contributed by atoms with Crippen molar-refractivity contribution in [1.29, 1.82) is 0 Å². The van der Waals surface area contributed by atoms with Crippen LogP contribution in [-0.2, 0) is 13.1 Å². The Labute approximate surface area is 309 Å². The number of benzene rings is 4. The van der Waals surface area contributed by atoms with Crippen LogP contribution in [0.25, 0.3) is 53.4 Å². The molecule has 10 rings (SSSR count). The molecular formula is C43H32F6N2S2. The van der Waals surface area contributed by atoms with E-state index in [9.17, 15) is 0 Å². The maximum atomic E-state index is 16.1. The predicted molar refractivity (Wildman–Crippen MR) is 207 cm³/mol. The fourth-order valence-corrected chi connectivity index (χ4v) is 12.4. The van der Waals surface area contributed by atoms with Gasteiger partial charge in [-0.25, -0.2) is 0 Å². The first-order valence-electron chi connectivity index (χ1n) is 17.7. The molecule has 0 saturated heterocycles. The number of nitrogens with zero attached hydrogens (tertiary/aromatic N) is 2. The number of thioether (sulfide) groups is 2. The van der Waals surface area contributed by atoms with E-state index in [1.54, 1.807) is 13.8 Å². The SMILES string of the molecule is CCn1c2ccccc2c2cc(C3=CC4=C5C(=C6C=C(c7ccc8c(c7)c7ccccc7n8CC)SC6(C)C4(C)S3)C(F)(F)C(F)(F)C5(F)F)ccc21. The smallest absolute Gasteiger partial charge is 0.341 e. The van der Waals surface area contributed by atoms with E-state index < -0.39 is 38.4 Å². The summed E-state index contributed by atoms with van der Waals surface area (Å²) in [6.07, 6.45) is 2.94. The van der Waals surface area contributed by atoms with E-state index >= 15 is 26.3 Å². The molecule has 2 aliphatic heterocycles. The Bertz CT molecular complexity index is 2590. The summed E-state index contributed by atoms with van der Waals surface area (Å²) in [5.74, 6) is -15.8. The van der Waals surface area contributed by atoms with Gasteiger partial charge in [0.25, 0.3) is 0 Å². The summed E-state index contributed by atoms with van der Waals surface area (Å²) in [5, 5.41) is 3.99. The van der Waals surface area contributed by atoms with E-state index in [1.165, 1.54) is 35.7 Å². The Morgan fingerprint density at radius 3 is 1.28 bits per heavy atom. The molecule has 0 amide bonds. The lowest BCUT2D eigenvalue weighted by atomic mass is 9.71. The summed E-state index contributed by atoms with van der Waals surface area (Å²) in [4.78, 5) is 1.15. The molecule has 53 heavy (non-hydrogen) atoms. The highest BCUT2D eigenvalue weighted by Crippen LogP contribution is 2.75. The van der Waals surface area contributed by atoms with Crippen LogP contribution in [0.15, 0.2) is 119 Å². The molecule has 0 bridgehead atoms. The van der Waals surface area contributed by atoms with Crippen LogP contribution in [-0.4, -0.2) is 36.4 Å². The molecule has 0 N–H and O–H groups in total. The van der Waals surface area contributed by atoms with Crippen molar-refractivity contribution >= 4 is 76.9 Å². The van der Waals surface area contributed by atoms with E-state index in [0.717, 1.165) is 56.7 Å². The molecule has 10 heteroatoms. The van der Waals surface area contributed by atoms with E-state index in [-0.39, 0.29) is 11.1 Å². The number of allylic oxidation sites excluding steroid dienone is 4. The van der Waals surface area contributed by atoms with Crippen molar-refractivity contribution in [2.45, 2.75) is 68.0 Å². The zero-order valence-corrected chi connectivity index (χ0v) is 30.8. The number of aryl methyl sites for hydroxylation is 2. The highest BCUT2D eigenvalue weighted by atomic mass is 32.2. The van der Waals surface area contributed by atoms with Crippen molar-refractivity contribution in [2.75, 3.05) is 0 Å². The third-order valence-electron chi connectivity index (χ3n) is 12.1. The van der Waals surface area contributed by atoms with Gasteiger partial charge in [-0.15, -0.1) is 23.5 Å². The van der Waals surface area contributed by atoms with Crippen molar-refractivity contribution in [3.63, 3.8) is 0 Å². The first-order chi connectivity index (χ1) is 25.2. The lowest BCUT2D eigenvalue weighted by Gasteiger charge is -2.47. The molecule has 0 spiro atoms. The topological polar surface area (TPSA) is 9.86 Å². The predicted octanol–water partition coefficient (Wildman–Crippen LogP) is 12.9. The van der Waals surface area contributed by atoms with E-state index in [0.29, 0.717) is 20.9 Å². The molecule has 0 radical (unpaired) electrons. The van der Waals surface area contributed by atoms with Gasteiger partial charge in [-0.1, -0.05) is 48.5 Å². The second-order valence-corrected chi connectivity index (χ2v) is 17.5. The molecule has 1 fully saturated rings. The van der Waals surface area contributed by atoms with Crippen LogP contribution < -0.4 is 0 Å². The van der Waals surface area contributed by atoms with Crippen molar-refractivity contribution in [3.8, 4) is 0 Å². The summed E-state index contributed by atoms with van der Waals surface area (Å²) < 4.78 is 97.1.